The second kappa shape index (κ2) is 8.52. The quantitative estimate of drug-likeness (QED) is 0.512. The Morgan fingerprint density at radius 3 is 2.64 bits per heavy atom. The third-order valence-corrected chi connectivity index (χ3v) is 7.78. The second-order valence-corrected chi connectivity index (χ2v) is 10.3. The highest BCUT2D eigenvalue weighted by Crippen LogP contribution is 2.47. The van der Waals surface area contributed by atoms with Crippen LogP contribution in [0.2, 0.25) is 0 Å². The molecule has 1 heterocycles. The molecule has 2 aromatic carbocycles. The maximum atomic E-state index is 14.0. The van der Waals surface area contributed by atoms with Gasteiger partial charge in [-0.05, 0) is 68.9 Å². The molecule has 3 nitrogen and oxygen atoms in total. The summed E-state index contributed by atoms with van der Waals surface area (Å²) in [4.78, 5) is 0.810. The van der Waals surface area contributed by atoms with Gasteiger partial charge in [0.25, 0.3) is 0 Å². The summed E-state index contributed by atoms with van der Waals surface area (Å²) in [5.74, 6) is 1.88. The van der Waals surface area contributed by atoms with E-state index in [9.17, 15) is 4.21 Å². The summed E-state index contributed by atoms with van der Waals surface area (Å²) in [6.07, 6.45) is 4.40. The first-order valence-electron chi connectivity index (χ1n) is 9.96. The van der Waals surface area contributed by atoms with Crippen molar-refractivity contribution < 1.29 is 8.95 Å². The van der Waals surface area contributed by atoms with Gasteiger partial charge in [0, 0.05) is 16.6 Å². The van der Waals surface area contributed by atoms with Crippen molar-refractivity contribution in [2.75, 3.05) is 12.9 Å². The Balaban J connectivity index is 2.11. The van der Waals surface area contributed by atoms with Crippen LogP contribution in [-0.2, 0) is 9.73 Å². The van der Waals surface area contributed by atoms with Gasteiger partial charge in [0.15, 0.2) is 0 Å². The van der Waals surface area contributed by atoms with Crippen molar-refractivity contribution in [3.8, 4) is 5.75 Å². The maximum Gasteiger partial charge on any atom is 0.145 e. The predicted octanol–water partition coefficient (Wildman–Crippen LogP) is 6.64. The first-order valence-corrected chi connectivity index (χ1v) is 11.6. The number of ether oxygens (including phenoxy) is 1. The van der Waals surface area contributed by atoms with Crippen LogP contribution in [0.15, 0.2) is 63.4 Å². The highest BCUT2D eigenvalue weighted by molar-refractivity contribution is 7.93. The first-order chi connectivity index (χ1) is 13.3. The van der Waals surface area contributed by atoms with Gasteiger partial charge in [0.05, 0.1) is 16.8 Å². The number of allylic oxidation sites excluding steroid dienone is 2. The fourth-order valence-corrected chi connectivity index (χ4v) is 6.36. The summed E-state index contributed by atoms with van der Waals surface area (Å²) in [6.45, 7) is 8.63. The van der Waals surface area contributed by atoms with E-state index in [0.717, 1.165) is 34.7 Å². The predicted molar refractivity (Wildman–Crippen MR) is 118 cm³/mol. The van der Waals surface area contributed by atoms with E-state index >= 15 is 0 Å². The molecule has 0 N–H and O–H groups in total. The number of hydrogen-bond acceptors (Lipinski definition) is 3. The molecule has 0 saturated heterocycles. The Morgan fingerprint density at radius 2 is 2.00 bits per heavy atom. The van der Waals surface area contributed by atoms with Gasteiger partial charge in [0.1, 0.15) is 11.4 Å². The Hall–Kier alpha value is -2.07. The molecule has 1 aliphatic heterocycles. The summed E-state index contributed by atoms with van der Waals surface area (Å²) in [5.41, 5.74) is 4.45. The fraction of sp³-hybridized carbons (Fsp3) is 0.417. The molecule has 1 aliphatic rings. The summed E-state index contributed by atoms with van der Waals surface area (Å²) in [6, 6.07) is 13.9. The highest BCUT2D eigenvalue weighted by Gasteiger charge is 2.33. The molecule has 0 spiro atoms. The molecule has 0 fully saturated rings. The Bertz CT molecular complexity index is 981. The lowest BCUT2D eigenvalue weighted by Gasteiger charge is -2.31. The highest BCUT2D eigenvalue weighted by atomic mass is 32.2. The molecule has 3 atom stereocenters. The Morgan fingerprint density at radius 1 is 1.29 bits per heavy atom. The SMILES string of the molecule is COc1cc(C)cc2c1N=[S@@](=O)(c1ccccc1)C[C@@H]2[C@@H](C)CCC=C(C)C. The molecule has 0 radical (unpaired) electrons. The average molecular weight is 398 g/mol. The molecule has 150 valence electrons. The molecule has 28 heavy (non-hydrogen) atoms. The number of benzene rings is 2. The van der Waals surface area contributed by atoms with Gasteiger partial charge in [0.2, 0.25) is 0 Å². The summed E-state index contributed by atoms with van der Waals surface area (Å²) >= 11 is 0. The van der Waals surface area contributed by atoms with Gasteiger partial charge in [-0.15, -0.1) is 0 Å². The lowest BCUT2D eigenvalue weighted by molar-refractivity contribution is 0.411. The average Bonchev–Trinajstić information content (AvgIpc) is 2.67. The normalized spacial score (nSPS) is 22.0. The van der Waals surface area contributed by atoms with E-state index in [1.807, 2.05) is 36.4 Å². The molecule has 0 amide bonds. The molecular weight excluding hydrogens is 366 g/mol. The molecular formula is C24H31NO2S. The van der Waals surface area contributed by atoms with Crippen LogP contribution in [0.4, 0.5) is 5.69 Å². The van der Waals surface area contributed by atoms with Gasteiger partial charge < -0.3 is 4.74 Å². The number of methoxy groups -OCH3 is 1. The lowest BCUT2D eigenvalue weighted by atomic mass is 9.84. The minimum Gasteiger partial charge on any atom is -0.494 e. The number of hydrogen-bond donors (Lipinski definition) is 0. The maximum absolute atomic E-state index is 14.0. The fourth-order valence-electron chi connectivity index (χ4n) is 3.92. The van der Waals surface area contributed by atoms with Gasteiger partial charge in [-0.2, -0.15) is 4.36 Å². The van der Waals surface area contributed by atoms with Crippen molar-refractivity contribution in [2.24, 2.45) is 10.3 Å². The lowest BCUT2D eigenvalue weighted by Crippen LogP contribution is -2.24. The van der Waals surface area contributed by atoms with Crippen LogP contribution in [0, 0.1) is 12.8 Å². The van der Waals surface area contributed by atoms with Crippen molar-refractivity contribution >= 4 is 15.4 Å². The minimum absolute atomic E-state index is 0.194. The van der Waals surface area contributed by atoms with Crippen molar-refractivity contribution in [3.63, 3.8) is 0 Å². The molecule has 0 aliphatic carbocycles. The van der Waals surface area contributed by atoms with Crippen molar-refractivity contribution in [1.82, 2.24) is 0 Å². The Labute approximate surface area is 170 Å². The number of fused-ring (bicyclic) bond motifs is 1. The van der Waals surface area contributed by atoms with Crippen LogP contribution in [0.5, 0.6) is 5.75 Å². The minimum atomic E-state index is -2.53. The number of aryl methyl sites for hydroxylation is 1. The number of nitrogens with zero attached hydrogens (tertiary/aromatic N) is 1. The van der Waals surface area contributed by atoms with Crippen LogP contribution in [0.1, 0.15) is 50.7 Å². The summed E-state index contributed by atoms with van der Waals surface area (Å²) < 4.78 is 24.4. The van der Waals surface area contributed by atoms with E-state index in [4.69, 9.17) is 9.10 Å². The molecule has 0 bridgehead atoms. The van der Waals surface area contributed by atoms with Gasteiger partial charge in [-0.3, -0.25) is 0 Å². The third-order valence-electron chi connectivity index (χ3n) is 5.49. The van der Waals surface area contributed by atoms with E-state index < -0.39 is 9.73 Å². The molecule has 2 aromatic rings. The monoisotopic (exact) mass is 397 g/mol. The van der Waals surface area contributed by atoms with Crippen molar-refractivity contribution in [2.45, 2.75) is 51.3 Å². The third kappa shape index (κ3) is 4.33. The molecule has 4 heteroatoms. The van der Waals surface area contributed by atoms with Crippen molar-refractivity contribution in [1.29, 1.82) is 0 Å². The second-order valence-electron chi connectivity index (χ2n) is 8.06. The van der Waals surface area contributed by atoms with Gasteiger partial charge >= 0.3 is 0 Å². The number of rotatable bonds is 6. The van der Waals surface area contributed by atoms with Crippen molar-refractivity contribution in [3.05, 3.63) is 65.2 Å². The summed E-state index contributed by atoms with van der Waals surface area (Å²) in [7, 11) is -0.870. The zero-order valence-corrected chi connectivity index (χ0v) is 18.4. The van der Waals surface area contributed by atoms with Crippen LogP contribution in [0.3, 0.4) is 0 Å². The van der Waals surface area contributed by atoms with Gasteiger partial charge in [-0.1, -0.05) is 42.8 Å². The van der Waals surface area contributed by atoms with Crippen LogP contribution >= 0.6 is 0 Å². The molecule has 0 unspecified atom stereocenters. The Kier molecular flexibility index (Phi) is 6.29. The van der Waals surface area contributed by atoms with E-state index in [-0.39, 0.29) is 5.92 Å². The van der Waals surface area contributed by atoms with Crippen LogP contribution in [-0.4, -0.2) is 17.1 Å². The smallest absolute Gasteiger partial charge is 0.145 e. The zero-order chi connectivity index (χ0) is 20.3. The van der Waals surface area contributed by atoms with E-state index in [0.29, 0.717) is 11.7 Å². The molecule has 0 saturated carbocycles. The molecule has 3 rings (SSSR count). The standard InChI is InChI=1S/C24H31NO2S/c1-17(2)10-9-11-19(4)22-16-28(26,20-12-7-6-8-13-20)25-24-21(22)14-18(3)15-23(24)27-5/h6-8,10,12-15,19,22H,9,11,16H2,1-5H3/t19-,22+,28-/m0/s1. The van der Waals surface area contributed by atoms with E-state index in [1.54, 1.807) is 7.11 Å². The van der Waals surface area contributed by atoms with Gasteiger partial charge in [-0.25, -0.2) is 4.21 Å². The van der Waals surface area contributed by atoms with Crippen LogP contribution < -0.4 is 4.74 Å². The zero-order valence-electron chi connectivity index (χ0n) is 17.6. The summed E-state index contributed by atoms with van der Waals surface area (Å²) in [5, 5.41) is 0. The van der Waals surface area contributed by atoms with E-state index in [2.05, 4.69) is 39.8 Å². The first kappa shape index (κ1) is 20.7. The topological polar surface area (TPSA) is 38.7 Å². The van der Waals surface area contributed by atoms with E-state index in [1.165, 1.54) is 11.1 Å². The van der Waals surface area contributed by atoms with Crippen LogP contribution in [0.25, 0.3) is 0 Å². The molecule has 0 aromatic heterocycles. The largest absolute Gasteiger partial charge is 0.494 e.